The van der Waals surface area contributed by atoms with Crippen LogP contribution in [0.1, 0.15) is 44.2 Å². The van der Waals surface area contributed by atoms with Gasteiger partial charge in [0.1, 0.15) is 0 Å². The molecule has 0 unspecified atom stereocenters. The van der Waals surface area contributed by atoms with E-state index in [1.165, 1.54) is 38.6 Å². The van der Waals surface area contributed by atoms with E-state index >= 15 is 0 Å². The van der Waals surface area contributed by atoms with Crippen LogP contribution >= 0.6 is 0 Å². The zero-order chi connectivity index (χ0) is 11.9. The van der Waals surface area contributed by atoms with Crippen LogP contribution in [0.5, 0.6) is 5.88 Å². The zero-order valence-corrected chi connectivity index (χ0v) is 10.7. The average Bonchev–Trinajstić information content (AvgIpc) is 3.05. The molecule has 0 atom stereocenters. The Morgan fingerprint density at radius 3 is 2.88 bits per heavy atom. The number of rotatable bonds is 9. The summed E-state index contributed by atoms with van der Waals surface area (Å²) in [6.07, 6.45) is 7.72. The van der Waals surface area contributed by atoms with Gasteiger partial charge < -0.3 is 10.1 Å². The summed E-state index contributed by atoms with van der Waals surface area (Å²) in [5, 5.41) is 10.4. The molecule has 1 fully saturated rings. The van der Waals surface area contributed by atoms with Gasteiger partial charge in [0.25, 0.3) is 0 Å². The number of ether oxygens (including phenoxy) is 1. The summed E-state index contributed by atoms with van der Waals surface area (Å²) in [5.74, 6) is 0.720. The maximum absolute atomic E-state index is 5.52. The van der Waals surface area contributed by atoms with Gasteiger partial charge in [-0.1, -0.05) is 12.8 Å². The summed E-state index contributed by atoms with van der Waals surface area (Å²) >= 11 is 0. The predicted octanol–water partition coefficient (Wildman–Crippen LogP) is 2.41. The molecule has 0 bridgehead atoms. The van der Waals surface area contributed by atoms with Gasteiger partial charge in [0.15, 0.2) is 0 Å². The summed E-state index contributed by atoms with van der Waals surface area (Å²) in [6, 6.07) is 2.78. The average molecular weight is 237 g/mol. The summed E-state index contributed by atoms with van der Waals surface area (Å²) in [6.45, 7) is 3.94. The number of hydrogen-bond donors (Lipinski definition) is 2. The van der Waals surface area contributed by atoms with Gasteiger partial charge in [-0.25, -0.2) is 0 Å². The normalized spacial score (nSPS) is 15.1. The van der Waals surface area contributed by atoms with Crippen molar-refractivity contribution in [2.24, 2.45) is 0 Å². The Balaban J connectivity index is 1.38. The molecule has 17 heavy (non-hydrogen) atoms. The first-order valence-corrected chi connectivity index (χ1v) is 6.73. The van der Waals surface area contributed by atoms with E-state index < -0.39 is 0 Å². The molecule has 0 amide bonds. The number of aromatic nitrogens is 2. The van der Waals surface area contributed by atoms with Crippen LogP contribution in [0.15, 0.2) is 6.07 Å². The van der Waals surface area contributed by atoms with Crippen LogP contribution in [0.2, 0.25) is 0 Å². The fourth-order valence-electron chi connectivity index (χ4n) is 1.82. The van der Waals surface area contributed by atoms with Crippen molar-refractivity contribution in [1.82, 2.24) is 15.5 Å². The van der Waals surface area contributed by atoms with Crippen LogP contribution in [0, 0.1) is 6.92 Å². The van der Waals surface area contributed by atoms with E-state index in [1.807, 2.05) is 13.0 Å². The third kappa shape index (κ3) is 5.22. The van der Waals surface area contributed by atoms with Crippen molar-refractivity contribution in [3.05, 3.63) is 11.8 Å². The van der Waals surface area contributed by atoms with E-state index in [9.17, 15) is 0 Å². The minimum Gasteiger partial charge on any atom is -0.477 e. The van der Waals surface area contributed by atoms with Gasteiger partial charge in [-0.05, 0) is 39.2 Å². The van der Waals surface area contributed by atoms with Gasteiger partial charge in [-0.3, -0.25) is 5.10 Å². The van der Waals surface area contributed by atoms with Gasteiger partial charge in [0.05, 0.1) is 6.61 Å². The highest BCUT2D eigenvalue weighted by Crippen LogP contribution is 2.18. The van der Waals surface area contributed by atoms with Gasteiger partial charge in [-0.2, -0.15) is 0 Å². The minimum absolute atomic E-state index is 0.720. The maximum Gasteiger partial charge on any atom is 0.232 e. The van der Waals surface area contributed by atoms with Crippen LogP contribution in [0.3, 0.4) is 0 Å². The summed E-state index contributed by atoms with van der Waals surface area (Å²) < 4.78 is 5.52. The quantitative estimate of drug-likeness (QED) is 0.648. The number of hydrogen-bond acceptors (Lipinski definition) is 3. The molecule has 0 aromatic carbocycles. The maximum atomic E-state index is 5.52. The number of unbranched alkanes of at least 4 members (excludes halogenated alkanes) is 3. The first-order chi connectivity index (χ1) is 8.34. The number of aromatic amines is 1. The summed E-state index contributed by atoms with van der Waals surface area (Å²) in [4.78, 5) is 0. The van der Waals surface area contributed by atoms with Crippen LogP contribution < -0.4 is 10.1 Å². The highest BCUT2D eigenvalue weighted by Gasteiger charge is 2.19. The third-order valence-corrected chi connectivity index (χ3v) is 3.01. The molecule has 0 radical (unpaired) electrons. The lowest BCUT2D eigenvalue weighted by atomic mass is 10.2. The Labute approximate surface area is 103 Å². The molecular weight excluding hydrogens is 214 g/mol. The molecule has 1 aromatic rings. The molecular formula is C13H23N3O. The SMILES string of the molecule is Cc1cc(OCCCCCCNC2CC2)n[nH]1. The van der Waals surface area contributed by atoms with Crippen molar-refractivity contribution in [1.29, 1.82) is 0 Å². The van der Waals surface area contributed by atoms with Crippen molar-refractivity contribution in [2.75, 3.05) is 13.2 Å². The monoisotopic (exact) mass is 237 g/mol. The third-order valence-electron chi connectivity index (χ3n) is 3.01. The summed E-state index contributed by atoms with van der Waals surface area (Å²) in [5.41, 5.74) is 1.05. The molecule has 0 spiro atoms. The number of H-pyrrole nitrogens is 1. The minimum atomic E-state index is 0.720. The lowest BCUT2D eigenvalue weighted by molar-refractivity contribution is 0.293. The first-order valence-electron chi connectivity index (χ1n) is 6.73. The predicted molar refractivity (Wildman–Crippen MR) is 68.3 cm³/mol. The molecule has 1 heterocycles. The van der Waals surface area contributed by atoms with Gasteiger partial charge in [-0.15, -0.1) is 5.10 Å². The Kier molecular flexibility index (Phi) is 4.86. The highest BCUT2D eigenvalue weighted by molar-refractivity contribution is 5.11. The fraction of sp³-hybridized carbons (Fsp3) is 0.769. The van der Waals surface area contributed by atoms with E-state index in [-0.39, 0.29) is 0 Å². The van der Waals surface area contributed by atoms with E-state index in [4.69, 9.17) is 4.74 Å². The van der Waals surface area contributed by atoms with Crippen molar-refractivity contribution >= 4 is 0 Å². The first kappa shape index (κ1) is 12.4. The van der Waals surface area contributed by atoms with Gasteiger partial charge in [0.2, 0.25) is 5.88 Å². The molecule has 1 aliphatic rings. The molecule has 4 nitrogen and oxygen atoms in total. The van der Waals surface area contributed by atoms with E-state index in [2.05, 4.69) is 15.5 Å². The standard InChI is InChI=1S/C13H23N3O/c1-11-10-13(16-15-11)17-9-5-3-2-4-8-14-12-6-7-12/h10,12,14H,2-9H2,1H3,(H,15,16). The lowest BCUT2D eigenvalue weighted by Gasteiger charge is -2.03. The zero-order valence-electron chi connectivity index (χ0n) is 10.7. The molecule has 4 heteroatoms. The Hall–Kier alpha value is -1.03. The van der Waals surface area contributed by atoms with Crippen LogP contribution in [0.25, 0.3) is 0 Å². The molecule has 1 aliphatic carbocycles. The smallest absolute Gasteiger partial charge is 0.232 e. The Morgan fingerprint density at radius 1 is 1.35 bits per heavy atom. The van der Waals surface area contributed by atoms with Crippen molar-refractivity contribution in [3.63, 3.8) is 0 Å². The molecule has 96 valence electrons. The topological polar surface area (TPSA) is 49.9 Å². The second-order valence-electron chi connectivity index (χ2n) is 4.88. The fourth-order valence-corrected chi connectivity index (χ4v) is 1.82. The highest BCUT2D eigenvalue weighted by atomic mass is 16.5. The lowest BCUT2D eigenvalue weighted by Crippen LogP contribution is -2.17. The molecule has 1 aromatic heterocycles. The number of nitrogens with zero attached hydrogens (tertiary/aromatic N) is 1. The van der Waals surface area contributed by atoms with Crippen LogP contribution in [-0.4, -0.2) is 29.4 Å². The van der Waals surface area contributed by atoms with Crippen molar-refractivity contribution in [3.8, 4) is 5.88 Å². The Morgan fingerprint density at radius 2 is 2.18 bits per heavy atom. The summed E-state index contributed by atoms with van der Waals surface area (Å²) in [7, 11) is 0. The second kappa shape index (κ2) is 6.64. The Bertz CT molecular complexity index is 320. The molecule has 2 rings (SSSR count). The van der Waals surface area contributed by atoms with E-state index in [0.29, 0.717) is 0 Å². The van der Waals surface area contributed by atoms with Gasteiger partial charge >= 0.3 is 0 Å². The second-order valence-corrected chi connectivity index (χ2v) is 4.88. The van der Waals surface area contributed by atoms with Gasteiger partial charge in [0, 0.05) is 17.8 Å². The van der Waals surface area contributed by atoms with Crippen LogP contribution in [-0.2, 0) is 0 Å². The molecule has 1 saturated carbocycles. The largest absolute Gasteiger partial charge is 0.477 e. The molecule has 0 saturated heterocycles. The van der Waals surface area contributed by atoms with Crippen molar-refractivity contribution in [2.45, 2.75) is 51.5 Å². The van der Waals surface area contributed by atoms with Crippen LogP contribution in [0.4, 0.5) is 0 Å². The van der Waals surface area contributed by atoms with E-state index in [1.54, 1.807) is 0 Å². The molecule has 0 aliphatic heterocycles. The molecule has 2 N–H and O–H groups in total. The number of aryl methyl sites for hydroxylation is 1. The number of nitrogens with one attached hydrogen (secondary N) is 2. The van der Waals surface area contributed by atoms with E-state index in [0.717, 1.165) is 30.6 Å². The van der Waals surface area contributed by atoms with Crippen molar-refractivity contribution < 1.29 is 4.74 Å².